The first-order chi connectivity index (χ1) is 14.7. The summed E-state index contributed by atoms with van der Waals surface area (Å²) in [6.07, 6.45) is 6.16. The topological polar surface area (TPSA) is 58.1 Å². The van der Waals surface area contributed by atoms with Gasteiger partial charge < -0.3 is 25.0 Å². The minimum Gasteiger partial charge on any atom is -0.382 e. The van der Waals surface area contributed by atoms with E-state index in [1.165, 1.54) is 31.2 Å². The average molecular weight is 545 g/mol. The van der Waals surface area contributed by atoms with Gasteiger partial charge in [0.25, 0.3) is 0 Å². The Kier molecular flexibility index (Phi) is 11.6. The first kappa shape index (κ1) is 26.4. The number of benzene rings is 1. The monoisotopic (exact) mass is 544 g/mol. The molecule has 0 radical (unpaired) electrons. The molecule has 1 saturated carbocycles. The van der Waals surface area contributed by atoms with Gasteiger partial charge in [0.1, 0.15) is 0 Å². The smallest absolute Gasteiger partial charge is 0.193 e. The summed E-state index contributed by atoms with van der Waals surface area (Å²) in [5.41, 5.74) is 1.48. The molecule has 1 saturated heterocycles. The van der Waals surface area contributed by atoms with Crippen molar-refractivity contribution < 1.29 is 9.47 Å². The van der Waals surface area contributed by atoms with E-state index in [1.54, 1.807) is 7.11 Å². The van der Waals surface area contributed by atoms with Gasteiger partial charge >= 0.3 is 0 Å². The highest BCUT2D eigenvalue weighted by Crippen LogP contribution is 2.32. The first-order valence-corrected chi connectivity index (χ1v) is 11.5. The van der Waals surface area contributed by atoms with Crippen LogP contribution in [0.15, 0.2) is 35.3 Å². The van der Waals surface area contributed by atoms with E-state index in [9.17, 15) is 0 Å². The van der Waals surface area contributed by atoms with Gasteiger partial charge in [-0.25, -0.2) is 0 Å². The lowest BCUT2D eigenvalue weighted by Gasteiger charge is -2.35. The van der Waals surface area contributed by atoms with Gasteiger partial charge in [-0.3, -0.25) is 4.99 Å². The van der Waals surface area contributed by atoms with Crippen molar-refractivity contribution in [2.24, 2.45) is 10.9 Å². The molecule has 7 heteroatoms. The van der Waals surface area contributed by atoms with Crippen molar-refractivity contribution in [1.29, 1.82) is 0 Å². The highest BCUT2D eigenvalue weighted by Gasteiger charge is 2.36. The lowest BCUT2D eigenvalue weighted by atomic mass is 9.94. The van der Waals surface area contributed by atoms with E-state index in [1.807, 2.05) is 7.05 Å². The predicted octanol–water partition coefficient (Wildman–Crippen LogP) is 3.83. The fraction of sp³-hybridized carbons (Fsp3) is 0.708. The fourth-order valence-corrected chi connectivity index (χ4v) is 4.84. The zero-order chi connectivity index (χ0) is 21.2. The normalized spacial score (nSPS) is 21.7. The molecule has 2 aliphatic rings. The lowest BCUT2D eigenvalue weighted by Crippen LogP contribution is -2.54. The third-order valence-corrected chi connectivity index (χ3v) is 6.55. The summed E-state index contributed by atoms with van der Waals surface area (Å²) in [6, 6.07) is 11.1. The van der Waals surface area contributed by atoms with Crippen LogP contribution in [0.1, 0.15) is 50.6 Å². The number of methoxy groups -OCH3 is 1. The van der Waals surface area contributed by atoms with Crippen LogP contribution in [0.4, 0.5) is 0 Å². The van der Waals surface area contributed by atoms with Crippen LogP contribution in [0.5, 0.6) is 0 Å². The third-order valence-electron chi connectivity index (χ3n) is 6.55. The molecule has 176 valence electrons. The van der Waals surface area contributed by atoms with Gasteiger partial charge in [0.2, 0.25) is 0 Å². The number of guanidine groups is 1. The maximum absolute atomic E-state index is 5.74. The molecule has 1 aliphatic carbocycles. The van der Waals surface area contributed by atoms with Crippen molar-refractivity contribution >= 4 is 29.9 Å². The van der Waals surface area contributed by atoms with Crippen molar-refractivity contribution in [1.82, 2.24) is 15.5 Å². The highest BCUT2D eigenvalue weighted by atomic mass is 127. The Hall–Kier alpha value is -0.900. The van der Waals surface area contributed by atoms with Gasteiger partial charge in [-0.2, -0.15) is 0 Å². The molecule has 3 rings (SSSR count). The molecule has 6 nitrogen and oxygen atoms in total. The van der Waals surface area contributed by atoms with Gasteiger partial charge in [0.15, 0.2) is 5.96 Å². The van der Waals surface area contributed by atoms with Crippen LogP contribution in [0.2, 0.25) is 0 Å². The number of nitrogens with one attached hydrogen (secondary N) is 2. The number of hydrogen-bond donors (Lipinski definition) is 2. The molecular weight excluding hydrogens is 503 g/mol. The molecule has 1 aromatic carbocycles. The van der Waals surface area contributed by atoms with Gasteiger partial charge in [-0.15, -0.1) is 24.0 Å². The molecule has 0 aromatic heterocycles. The summed E-state index contributed by atoms with van der Waals surface area (Å²) in [5, 5.41) is 7.66. The second kappa shape index (κ2) is 13.6. The van der Waals surface area contributed by atoms with E-state index in [2.05, 4.69) is 57.8 Å². The second-order valence-corrected chi connectivity index (χ2v) is 8.83. The highest BCUT2D eigenvalue weighted by molar-refractivity contribution is 14.0. The molecule has 2 N–H and O–H groups in total. The minimum atomic E-state index is 0. The summed E-state index contributed by atoms with van der Waals surface area (Å²) in [7, 11) is 3.61. The van der Waals surface area contributed by atoms with Gasteiger partial charge in [0.05, 0.1) is 19.8 Å². The van der Waals surface area contributed by atoms with Crippen LogP contribution in [0.3, 0.4) is 0 Å². The van der Waals surface area contributed by atoms with E-state index in [0.717, 1.165) is 38.6 Å². The number of likely N-dealkylation sites (tertiary alicyclic amines) is 1. The number of halogens is 1. The third kappa shape index (κ3) is 7.87. The first-order valence-electron chi connectivity index (χ1n) is 11.5. The Labute approximate surface area is 205 Å². The zero-order valence-corrected chi connectivity index (χ0v) is 21.8. The van der Waals surface area contributed by atoms with Gasteiger partial charge in [-0.05, 0) is 31.7 Å². The van der Waals surface area contributed by atoms with Crippen LogP contribution < -0.4 is 10.6 Å². The summed E-state index contributed by atoms with van der Waals surface area (Å²) in [4.78, 5) is 6.97. The average Bonchev–Trinajstić information content (AvgIpc) is 3.43. The molecule has 2 fully saturated rings. The van der Waals surface area contributed by atoms with Crippen molar-refractivity contribution in [3.63, 3.8) is 0 Å². The SMILES string of the molecule is CN=C(NCC1(NC(C)c2ccccc2)CCCC1)N1CCC(COCCOC)C1.I. The Morgan fingerprint density at radius 3 is 2.65 bits per heavy atom. The number of rotatable bonds is 10. The van der Waals surface area contributed by atoms with Crippen LogP contribution in [0, 0.1) is 5.92 Å². The number of ether oxygens (including phenoxy) is 2. The summed E-state index contributed by atoms with van der Waals surface area (Å²) in [5.74, 6) is 1.59. The molecular formula is C24H41IN4O2. The fourth-order valence-electron chi connectivity index (χ4n) is 4.84. The van der Waals surface area contributed by atoms with Crippen molar-refractivity contribution in [3.8, 4) is 0 Å². The van der Waals surface area contributed by atoms with E-state index in [4.69, 9.17) is 9.47 Å². The molecule has 0 bridgehead atoms. The molecule has 1 aromatic rings. The largest absolute Gasteiger partial charge is 0.382 e. The lowest BCUT2D eigenvalue weighted by molar-refractivity contribution is 0.0536. The van der Waals surface area contributed by atoms with Crippen LogP contribution >= 0.6 is 24.0 Å². The molecule has 31 heavy (non-hydrogen) atoms. The molecule has 2 unspecified atom stereocenters. The minimum absolute atomic E-state index is 0. The Balaban J connectivity index is 0.00000341. The van der Waals surface area contributed by atoms with E-state index in [-0.39, 0.29) is 29.5 Å². The molecule has 0 spiro atoms. The Morgan fingerprint density at radius 2 is 1.97 bits per heavy atom. The standard InChI is InChI=1S/C24H40N4O2.HI/c1-20(22-9-5-4-6-10-22)27-24(12-7-8-13-24)19-26-23(25-2)28-14-11-21(17-28)18-30-16-15-29-3;/h4-6,9-10,20-21,27H,7-8,11-19H2,1-3H3,(H,25,26);1H. The van der Waals surface area contributed by atoms with Crippen molar-refractivity contribution in [3.05, 3.63) is 35.9 Å². The van der Waals surface area contributed by atoms with Crippen molar-refractivity contribution in [2.75, 3.05) is 53.6 Å². The van der Waals surface area contributed by atoms with Crippen molar-refractivity contribution in [2.45, 2.75) is 50.6 Å². The number of aliphatic imine (C=N–C) groups is 1. The van der Waals surface area contributed by atoms with Crippen LogP contribution in [0.25, 0.3) is 0 Å². The zero-order valence-electron chi connectivity index (χ0n) is 19.4. The summed E-state index contributed by atoms with van der Waals surface area (Å²) >= 11 is 0. The summed E-state index contributed by atoms with van der Waals surface area (Å²) in [6.45, 7) is 7.38. The van der Waals surface area contributed by atoms with E-state index >= 15 is 0 Å². The Bertz CT molecular complexity index is 652. The molecule has 0 amide bonds. The van der Waals surface area contributed by atoms with E-state index in [0.29, 0.717) is 25.2 Å². The predicted molar refractivity (Wildman–Crippen MR) is 138 cm³/mol. The van der Waals surface area contributed by atoms with Crippen LogP contribution in [-0.4, -0.2) is 70.0 Å². The molecule has 1 aliphatic heterocycles. The number of nitrogens with zero attached hydrogens (tertiary/aromatic N) is 2. The quantitative estimate of drug-likeness (QED) is 0.203. The van der Waals surface area contributed by atoms with Gasteiger partial charge in [0, 0.05) is 51.3 Å². The Morgan fingerprint density at radius 1 is 1.23 bits per heavy atom. The second-order valence-electron chi connectivity index (χ2n) is 8.83. The maximum atomic E-state index is 5.74. The van der Waals surface area contributed by atoms with E-state index < -0.39 is 0 Å². The number of hydrogen-bond acceptors (Lipinski definition) is 4. The molecule has 1 heterocycles. The maximum Gasteiger partial charge on any atom is 0.193 e. The molecule has 2 atom stereocenters. The van der Waals surface area contributed by atoms with Gasteiger partial charge in [-0.1, -0.05) is 43.2 Å². The summed E-state index contributed by atoms with van der Waals surface area (Å²) < 4.78 is 10.8. The van der Waals surface area contributed by atoms with Crippen LogP contribution in [-0.2, 0) is 9.47 Å².